The number of nitrogens with zero attached hydrogens (tertiary/aromatic N) is 1. The molecule has 0 aromatic carbocycles. The molecule has 4 heteroatoms. The summed E-state index contributed by atoms with van der Waals surface area (Å²) in [4.78, 5) is 10.4. The first kappa shape index (κ1) is 5.70. The molecule has 0 radical (unpaired) electrons. The summed E-state index contributed by atoms with van der Waals surface area (Å²) in [6.45, 7) is 2.11. The molecule has 1 aliphatic rings. The van der Waals surface area contributed by atoms with Gasteiger partial charge in [-0.1, -0.05) is 6.92 Å². The zero-order valence-corrected chi connectivity index (χ0v) is 5.63. The van der Waals surface area contributed by atoms with E-state index in [1.807, 2.05) is 0 Å². The van der Waals surface area contributed by atoms with Crippen molar-refractivity contribution < 1.29 is 4.42 Å². The third-order valence-corrected chi connectivity index (χ3v) is 1.88. The SMILES string of the molecule is CC1CC1c1n[nH]c(=O)o1. The molecule has 10 heavy (non-hydrogen) atoms. The Morgan fingerprint density at radius 2 is 2.50 bits per heavy atom. The van der Waals surface area contributed by atoms with Gasteiger partial charge in [0.05, 0.1) is 0 Å². The second kappa shape index (κ2) is 1.71. The first-order valence-electron chi connectivity index (χ1n) is 3.33. The predicted molar refractivity (Wildman–Crippen MR) is 33.6 cm³/mol. The molecule has 1 aromatic rings. The normalized spacial score (nSPS) is 30.5. The fourth-order valence-electron chi connectivity index (χ4n) is 1.07. The Morgan fingerprint density at radius 3 is 2.90 bits per heavy atom. The molecule has 1 fully saturated rings. The second-order valence-corrected chi connectivity index (χ2v) is 2.77. The molecule has 2 rings (SSSR count). The van der Waals surface area contributed by atoms with E-state index in [-0.39, 0.29) is 0 Å². The lowest BCUT2D eigenvalue weighted by Crippen LogP contribution is -1.93. The van der Waals surface area contributed by atoms with Gasteiger partial charge < -0.3 is 4.42 Å². The van der Waals surface area contributed by atoms with Gasteiger partial charge in [-0.15, -0.1) is 5.10 Å². The Labute approximate surface area is 57.2 Å². The molecular weight excluding hydrogens is 132 g/mol. The van der Waals surface area contributed by atoms with Gasteiger partial charge in [-0.2, -0.15) is 0 Å². The van der Waals surface area contributed by atoms with Gasteiger partial charge in [0.1, 0.15) is 0 Å². The fraction of sp³-hybridized carbons (Fsp3) is 0.667. The van der Waals surface area contributed by atoms with Crippen LogP contribution in [-0.4, -0.2) is 10.2 Å². The summed E-state index contributed by atoms with van der Waals surface area (Å²) < 4.78 is 4.76. The molecule has 0 bridgehead atoms. The third kappa shape index (κ3) is 0.761. The van der Waals surface area contributed by atoms with Crippen LogP contribution in [0.5, 0.6) is 0 Å². The summed E-state index contributed by atoms with van der Waals surface area (Å²) in [6, 6.07) is 0. The number of H-pyrrole nitrogens is 1. The van der Waals surface area contributed by atoms with Crippen LogP contribution in [-0.2, 0) is 0 Å². The Morgan fingerprint density at radius 1 is 1.80 bits per heavy atom. The van der Waals surface area contributed by atoms with Crippen LogP contribution in [0.25, 0.3) is 0 Å². The number of aromatic nitrogens is 2. The van der Waals surface area contributed by atoms with Gasteiger partial charge in [0.15, 0.2) is 0 Å². The highest BCUT2D eigenvalue weighted by molar-refractivity contribution is 5.03. The highest BCUT2D eigenvalue weighted by Crippen LogP contribution is 2.45. The number of hydrogen-bond donors (Lipinski definition) is 1. The number of rotatable bonds is 1. The molecule has 4 nitrogen and oxygen atoms in total. The van der Waals surface area contributed by atoms with Crippen molar-refractivity contribution in [3.8, 4) is 0 Å². The maximum absolute atomic E-state index is 10.4. The van der Waals surface area contributed by atoms with Gasteiger partial charge in [-0.3, -0.25) is 0 Å². The first-order chi connectivity index (χ1) is 4.77. The summed E-state index contributed by atoms with van der Waals surface area (Å²) in [5, 5.41) is 5.96. The molecule has 0 spiro atoms. The van der Waals surface area contributed by atoms with E-state index >= 15 is 0 Å². The van der Waals surface area contributed by atoms with Crippen molar-refractivity contribution in [2.45, 2.75) is 19.3 Å². The van der Waals surface area contributed by atoms with E-state index in [1.165, 1.54) is 0 Å². The third-order valence-electron chi connectivity index (χ3n) is 1.88. The van der Waals surface area contributed by atoms with E-state index in [4.69, 9.17) is 4.42 Å². The number of nitrogens with one attached hydrogen (secondary N) is 1. The van der Waals surface area contributed by atoms with Crippen LogP contribution in [0.1, 0.15) is 25.2 Å². The lowest BCUT2D eigenvalue weighted by molar-refractivity contribution is 0.458. The predicted octanol–water partition coefficient (Wildman–Crippen LogP) is 0.486. The summed E-state index contributed by atoms with van der Waals surface area (Å²) in [6.07, 6.45) is 1.09. The Kier molecular flexibility index (Phi) is 0.977. The molecule has 1 heterocycles. The van der Waals surface area contributed by atoms with Crippen molar-refractivity contribution in [2.24, 2.45) is 5.92 Å². The minimum absolute atomic E-state index is 0.388. The smallest absolute Gasteiger partial charge is 0.392 e. The molecule has 1 aliphatic carbocycles. The van der Waals surface area contributed by atoms with Gasteiger partial charge >= 0.3 is 5.76 Å². The van der Waals surface area contributed by atoms with Crippen molar-refractivity contribution in [1.82, 2.24) is 10.2 Å². The van der Waals surface area contributed by atoms with E-state index in [2.05, 4.69) is 17.1 Å². The van der Waals surface area contributed by atoms with Crippen molar-refractivity contribution >= 4 is 0 Å². The summed E-state index contributed by atoms with van der Waals surface area (Å²) in [5.74, 6) is 1.14. The Bertz CT molecular complexity index is 288. The zero-order valence-electron chi connectivity index (χ0n) is 5.63. The van der Waals surface area contributed by atoms with Gasteiger partial charge in [-0.05, 0) is 12.3 Å². The monoisotopic (exact) mass is 140 g/mol. The average molecular weight is 140 g/mol. The molecule has 0 saturated heterocycles. The van der Waals surface area contributed by atoms with Crippen LogP contribution < -0.4 is 5.76 Å². The maximum Gasteiger partial charge on any atom is 0.434 e. The molecule has 2 atom stereocenters. The summed E-state index contributed by atoms with van der Waals surface area (Å²) >= 11 is 0. The van der Waals surface area contributed by atoms with Crippen molar-refractivity contribution in [3.05, 3.63) is 16.4 Å². The van der Waals surface area contributed by atoms with Crippen molar-refractivity contribution in [2.75, 3.05) is 0 Å². The number of hydrogen-bond acceptors (Lipinski definition) is 3. The lowest BCUT2D eigenvalue weighted by Gasteiger charge is -1.82. The molecule has 1 aromatic heterocycles. The quantitative estimate of drug-likeness (QED) is 0.617. The van der Waals surface area contributed by atoms with Gasteiger partial charge in [0, 0.05) is 5.92 Å². The second-order valence-electron chi connectivity index (χ2n) is 2.77. The van der Waals surface area contributed by atoms with E-state index in [1.54, 1.807) is 0 Å². The molecule has 54 valence electrons. The average Bonchev–Trinajstić information content (AvgIpc) is 2.42. The van der Waals surface area contributed by atoms with Crippen LogP contribution >= 0.6 is 0 Å². The Balaban J connectivity index is 2.27. The minimum Gasteiger partial charge on any atom is -0.392 e. The first-order valence-corrected chi connectivity index (χ1v) is 3.33. The largest absolute Gasteiger partial charge is 0.434 e. The number of aromatic amines is 1. The molecular formula is C6H8N2O2. The topological polar surface area (TPSA) is 58.9 Å². The van der Waals surface area contributed by atoms with Crippen molar-refractivity contribution in [1.29, 1.82) is 0 Å². The van der Waals surface area contributed by atoms with Gasteiger partial charge in [-0.25, -0.2) is 9.89 Å². The molecule has 1 saturated carbocycles. The van der Waals surface area contributed by atoms with E-state index in [0.29, 0.717) is 17.7 Å². The molecule has 0 aliphatic heterocycles. The van der Waals surface area contributed by atoms with E-state index < -0.39 is 5.76 Å². The fourth-order valence-corrected chi connectivity index (χ4v) is 1.07. The van der Waals surface area contributed by atoms with Crippen LogP contribution in [0.3, 0.4) is 0 Å². The molecule has 0 amide bonds. The van der Waals surface area contributed by atoms with Crippen LogP contribution in [0.15, 0.2) is 9.21 Å². The van der Waals surface area contributed by atoms with E-state index in [0.717, 1.165) is 6.42 Å². The minimum atomic E-state index is -0.450. The Hall–Kier alpha value is -1.06. The molecule has 1 N–H and O–H groups in total. The van der Waals surface area contributed by atoms with Crippen LogP contribution in [0.2, 0.25) is 0 Å². The summed E-state index contributed by atoms with van der Waals surface area (Å²) in [7, 11) is 0. The highest BCUT2D eigenvalue weighted by Gasteiger charge is 2.38. The van der Waals surface area contributed by atoms with Crippen molar-refractivity contribution in [3.63, 3.8) is 0 Å². The van der Waals surface area contributed by atoms with Crippen LogP contribution in [0, 0.1) is 5.92 Å². The lowest BCUT2D eigenvalue weighted by atomic mass is 10.3. The highest BCUT2D eigenvalue weighted by atomic mass is 16.4. The van der Waals surface area contributed by atoms with Gasteiger partial charge in [0.2, 0.25) is 5.89 Å². The van der Waals surface area contributed by atoms with Crippen LogP contribution in [0.4, 0.5) is 0 Å². The maximum atomic E-state index is 10.4. The zero-order chi connectivity index (χ0) is 7.14. The molecule has 2 unspecified atom stereocenters. The van der Waals surface area contributed by atoms with E-state index in [9.17, 15) is 4.79 Å². The summed E-state index contributed by atoms with van der Waals surface area (Å²) in [5.41, 5.74) is 0. The van der Waals surface area contributed by atoms with Gasteiger partial charge in [0.25, 0.3) is 0 Å². The standard InChI is InChI=1S/C6H8N2O2/c1-3-2-4(3)5-7-8-6(9)10-5/h3-4H,2H2,1H3,(H,8,9).